The average Bonchev–Trinajstić information content (AvgIpc) is 2.72. The van der Waals surface area contributed by atoms with Gasteiger partial charge in [0, 0.05) is 39.6 Å². The topological polar surface area (TPSA) is 108 Å². The maximum Gasteiger partial charge on any atom is 0.308 e. The number of hydrogen-bond acceptors (Lipinski definition) is 9. The minimum Gasteiger partial charge on any atom is -0.423 e. The van der Waals surface area contributed by atoms with Crippen LogP contribution in [0.15, 0.2) is 30.3 Å². The third-order valence-electron chi connectivity index (χ3n) is 5.02. The zero-order valence-electron chi connectivity index (χ0n) is 20.5. The maximum absolute atomic E-state index is 12.0. The molecule has 0 aliphatic carbocycles. The normalized spacial score (nSPS) is 10.9. The molecule has 35 heavy (non-hydrogen) atoms. The van der Waals surface area contributed by atoms with Gasteiger partial charge in [-0.3, -0.25) is 19.2 Å². The molecule has 9 heteroatoms. The first-order valence-electron chi connectivity index (χ1n) is 10.9. The summed E-state index contributed by atoms with van der Waals surface area (Å²) in [7, 11) is 3.89. The quantitative estimate of drug-likeness (QED) is 0.283. The highest BCUT2D eigenvalue weighted by molar-refractivity contribution is 6.14. The summed E-state index contributed by atoms with van der Waals surface area (Å²) in [5.74, 6) is -2.11. The van der Waals surface area contributed by atoms with Crippen LogP contribution in [0.5, 0.6) is 23.0 Å². The van der Waals surface area contributed by atoms with E-state index < -0.39 is 23.9 Å². The van der Waals surface area contributed by atoms with Crippen molar-refractivity contribution in [1.29, 1.82) is 0 Å². The fraction of sp³-hybridized carbons (Fsp3) is 0.308. The number of benzene rings is 3. The Hall–Kier alpha value is -3.98. The Labute approximate surface area is 202 Å². The van der Waals surface area contributed by atoms with Crippen LogP contribution < -0.4 is 18.9 Å². The molecule has 0 aliphatic rings. The Bertz CT molecular complexity index is 1340. The highest BCUT2D eigenvalue weighted by atomic mass is 16.6. The van der Waals surface area contributed by atoms with Crippen molar-refractivity contribution in [2.45, 2.75) is 34.1 Å². The van der Waals surface area contributed by atoms with E-state index in [0.29, 0.717) is 29.1 Å². The summed E-state index contributed by atoms with van der Waals surface area (Å²) < 4.78 is 21.5. The highest BCUT2D eigenvalue weighted by Gasteiger charge is 2.22. The molecule has 0 bridgehead atoms. The van der Waals surface area contributed by atoms with Gasteiger partial charge in [0.1, 0.15) is 0 Å². The van der Waals surface area contributed by atoms with Crippen molar-refractivity contribution >= 4 is 45.4 Å². The zero-order valence-corrected chi connectivity index (χ0v) is 20.5. The van der Waals surface area contributed by atoms with Crippen LogP contribution >= 0.6 is 0 Å². The molecule has 0 amide bonds. The molecule has 0 aliphatic heterocycles. The molecule has 0 spiro atoms. The summed E-state index contributed by atoms with van der Waals surface area (Å²) in [6.07, 6.45) is 0.617. The Morgan fingerprint density at radius 2 is 1.23 bits per heavy atom. The van der Waals surface area contributed by atoms with Crippen LogP contribution in [0.3, 0.4) is 0 Å². The molecular formula is C26H27NO8. The summed E-state index contributed by atoms with van der Waals surface area (Å²) >= 11 is 0. The van der Waals surface area contributed by atoms with Gasteiger partial charge < -0.3 is 23.8 Å². The van der Waals surface area contributed by atoms with Gasteiger partial charge in [0.15, 0.2) is 23.0 Å². The minimum absolute atomic E-state index is 0.0224. The lowest BCUT2D eigenvalue weighted by molar-refractivity contribution is -0.134. The Kier molecular flexibility index (Phi) is 7.71. The van der Waals surface area contributed by atoms with E-state index in [2.05, 4.69) is 0 Å². The van der Waals surface area contributed by atoms with Crippen LogP contribution in [0.1, 0.15) is 33.3 Å². The molecule has 0 fully saturated rings. The van der Waals surface area contributed by atoms with Gasteiger partial charge in [0.25, 0.3) is 0 Å². The van der Waals surface area contributed by atoms with Crippen molar-refractivity contribution in [3.63, 3.8) is 0 Å². The van der Waals surface area contributed by atoms with Gasteiger partial charge in [0.2, 0.25) is 0 Å². The molecule has 3 aromatic rings. The molecule has 0 saturated carbocycles. The Balaban J connectivity index is 2.46. The van der Waals surface area contributed by atoms with Gasteiger partial charge in [-0.05, 0) is 60.4 Å². The largest absolute Gasteiger partial charge is 0.423 e. The molecular weight excluding hydrogens is 454 g/mol. The monoisotopic (exact) mass is 481 g/mol. The van der Waals surface area contributed by atoms with E-state index in [4.69, 9.17) is 18.9 Å². The van der Waals surface area contributed by atoms with E-state index in [0.717, 1.165) is 10.9 Å². The zero-order chi connectivity index (χ0) is 25.9. The fourth-order valence-electron chi connectivity index (χ4n) is 3.76. The molecule has 184 valence electrons. The fourth-order valence-corrected chi connectivity index (χ4v) is 3.76. The third-order valence-corrected chi connectivity index (χ3v) is 5.02. The Morgan fingerprint density at radius 3 is 1.77 bits per heavy atom. The smallest absolute Gasteiger partial charge is 0.308 e. The number of rotatable bonds is 7. The number of hydrogen-bond donors (Lipinski definition) is 0. The molecule has 0 heterocycles. The van der Waals surface area contributed by atoms with E-state index in [9.17, 15) is 19.2 Å². The van der Waals surface area contributed by atoms with Crippen molar-refractivity contribution in [3.8, 4) is 23.0 Å². The molecule has 0 unspecified atom stereocenters. The molecule has 3 aromatic carbocycles. The number of nitrogens with zero attached hydrogens (tertiary/aromatic N) is 1. The number of fused-ring (bicyclic) bond motifs is 3. The SMILES string of the molecule is CC(=O)Oc1cc2ccc3c(CCN(C)C)cc(OC(C)=O)c(OC(C)=O)c3c2cc1OC(C)=O. The standard InChI is InChI=1S/C26H27NO8/c1-14(28)32-22-11-18-7-8-20-19(9-10-27(5)6)12-24(34-16(3)30)26(35-17(4)31)25(20)21(18)13-23(22)33-15(2)29/h7-8,11-13H,9-10H2,1-6H3. The Morgan fingerprint density at radius 1 is 0.686 bits per heavy atom. The number of esters is 4. The number of carbonyl (C=O) groups is 4. The van der Waals surface area contributed by atoms with Gasteiger partial charge in [-0.2, -0.15) is 0 Å². The average molecular weight is 482 g/mol. The number of ether oxygens (including phenoxy) is 4. The van der Waals surface area contributed by atoms with Crippen molar-refractivity contribution < 1.29 is 38.1 Å². The van der Waals surface area contributed by atoms with Crippen molar-refractivity contribution in [1.82, 2.24) is 4.90 Å². The van der Waals surface area contributed by atoms with Crippen LogP contribution in [-0.2, 0) is 25.6 Å². The van der Waals surface area contributed by atoms with E-state index in [1.165, 1.54) is 33.8 Å². The van der Waals surface area contributed by atoms with Crippen LogP contribution in [-0.4, -0.2) is 49.4 Å². The maximum atomic E-state index is 12.0. The highest BCUT2D eigenvalue weighted by Crippen LogP contribution is 2.45. The molecule has 3 rings (SSSR count). The van der Waals surface area contributed by atoms with Crippen LogP contribution in [0.25, 0.3) is 21.5 Å². The first kappa shape index (κ1) is 25.6. The second-order valence-corrected chi connectivity index (χ2v) is 8.30. The molecule has 0 radical (unpaired) electrons. The van der Waals surface area contributed by atoms with E-state index in [-0.39, 0.29) is 23.0 Å². The van der Waals surface area contributed by atoms with Gasteiger partial charge >= 0.3 is 23.9 Å². The van der Waals surface area contributed by atoms with Gasteiger partial charge in [-0.1, -0.05) is 12.1 Å². The lowest BCUT2D eigenvalue weighted by atomic mass is 9.95. The summed E-state index contributed by atoms with van der Waals surface area (Å²) in [4.78, 5) is 49.3. The van der Waals surface area contributed by atoms with Gasteiger partial charge in [0.05, 0.1) is 0 Å². The van der Waals surface area contributed by atoms with Gasteiger partial charge in [-0.15, -0.1) is 0 Å². The molecule has 0 N–H and O–H groups in total. The predicted octanol–water partition coefficient (Wildman–Crippen LogP) is 3.80. The van der Waals surface area contributed by atoms with E-state index >= 15 is 0 Å². The summed E-state index contributed by atoms with van der Waals surface area (Å²) in [6, 6.07) is 8.47. The summed E-state index contributed by atoms with van der Waals surface area (Å²) in [5.41, 5.74) is 0.862. The van der Waals surface area contributed by atoms with Crippen molar-refractivity contribution in [2.75, 3.05) is 20.6 Å². The lowest BCUT2D eigenvalue weighted by Crippen LogP contribution is -2.15. The van der Waals surface area contributed by atoms with Crippen LogP contribution in [0.2, 0.25) is 0 Å². The third kappa shape index (κ3) is 6.13. The second kappa shape index (κ2) is 10.5. The molecule has 0 saturated heterocycles. The predicted molar refractivity (Wildman–Crippen MR) is 129 cm³/mol. The van der Waals surface area contributed by atoms with Crippen LogP contribution in [0, 0.1) is 0 Å². The summed E-state index contributed by atoms with van der Waals surface area (Å²) in [6.45, 7) is 5.69. The molecule has 0 aromatic heterocycles. The van der Waals surface area contributed by atoms with Gasteiger partial charge in [-0.25, -0.2) is 0 Å². The number of likely N-dealkylation sites (N-methyl/N-ethyl adjacent to an activating group) is 1. The van der Waals surface area contributed by atoms with E-state index in [1.54, 1.807) is 12.1 Å². The molecule has 0 atom stereocenters. The second-order valence-electron chi connectivity index (χ2n) is 8.30. The molecule has 9 nitrogen and oxygen atoms in total. The summed E-state index contributed by atoms with van der Waals surface area (Å²) in [5, 5.41) is 2.43. The van der Waals surface area contributed by atoms with Crippen molar-refractivity contribution in [3.05, 3.63) is 35.9 Å². The first-order chi connectivity index (χ1) is 16.5. The first-order valence-corrected chi connectivity index (χ1v) is 10.9. The lowest BCUT2D eigenvalue weighted by Gasteiger charge is -2.19. The minimum atomic E-state index is -0.606. The van der Waals surface area contributed by atoms with Crippen molar-refractivity contribution in [2.24, 2.45) is 0 Å². The van der Waals surface area contributed by atoms with E-state index in [1.807, 2.05) is 31.1 Å². The van der Waals surface area contributed by atoms with Crippen LogP contribution in [0.4, 0.5) is 0 Å². The number of carbonyl (C=O) groups excluding carboxylic acids is 4.